The molecule has 1 N–H and O–H groups in total. The molecule has 23 heavy (non-hydrogen) atoms. The molecule has 2 rings (SSSR count). The van der Waals surface area contributed by atoms with E-state index in [0.717, 1.165) is 12.5 Å². The fourth-order valence-corrected chi connectivity index (χ4v) is 2.29. The molecule has 0 fully saturated rings. The molecule has 0 saturated heterocycles. The third-order valence-electron chi connectivity index (χ3n) is 3.63. The second kappa shape index (κ2) is 7.97. The van der Waals surface area contributed by atoms with Gasteiger partial charge in [-0.15, -0.1) is 0 Å². The van der Waals surface area contributed by atoms with Crippen molar-refractivity contribution in [2.75, 3.05) is 11.9 Å². The highest BCUT2D eigenvalue weighted by molar-refractivity contribution is 6.32. The Labute approximate surface area is 140 Å². The summed E-state index contributed by atoms with van der Waals surface area (Å²) in [6, 6.07) is 11.5. The van der Waals surface area contributed by atoms with Gasteiger partial charge in [-0.25, -0.2) is 4.39 Å². The normalized spacial score (nSPS) is 11.8. The van der Waals surface area contributed by atoms with E-state index in [1.165, 1.54) is 17.7 Å². The van der Waals surface area contributed by atoms with Gasteiger partial charge in [0.15, 0.2) is 6.61 Å². The van der Waals surface area contributed by atoms with Crippen LogP contribution in [0.25, 0.3) is 0 Å². The Balaban J connectivity index is 1.89. The number of ether oxygens (including phenoxy) is 1. The molecule has 0 aliphatic carbocycles. The van der Waals surface area contributed by atoms with Crippen LogP contribution in [0, 0.1) is 5.82 Å². The van der Waals surface area contributed by atoms with Crippen molar-refractivity contribution in [3.8, 4) is 5.75 Å². The minimum Gasteiger partial charge on any atom is -0.482 e. The molecule has 1 atom stereocenters. The van der Waals surface area contributed by atoms with Gasteiger partial charge in [0, 0.05) is 5.69 Å². The van der Waals surface area contributed by atoms with Crippen molar-refractivity contribution in [1.82, 2.24) is 0 Å². The van der Waals surface area contributed by atoms with Crippen molar-refractivity contribution < 1.29 is 13.9 Å². The molecule has 0 aliphatic heterocycles. The summed E-state index contributed by atoms with van der Waals surface area (Å²) in [5, 5.41) is 2.88. The van der Waals surface area contributed by atoms with Crippen LogP contribution in [0.1, 0.15) is 31.7 Å². The van der Waals surface area contributed by atoms with Crippen molar-refractivity contribution in [3.05, 3.63) is 58.9 Å². The molecule has 3 nitrogen and oxygen atoms in total. The maximum Gasteiger partial charge on any atom is 0.262 e. The fraction of sp³-hybridized carbons (Fsp3) is 0.278. The average molecular weight is 336 g/mol. The lowest BCUT2D eigenvalue weighted by Gasteiger charge is -2.11. The summed E-state index contributed by atoms with van der Waals surface area (Å²) >= 11 is 5.84. The predicted octanol–water partition coefficient (Wildman–Crippen LogP) is 5.01. The number of halogens is 2. The smallest absolute Gasteiger partial charge is 0.262 e. The van der Waals surface area contributed by atoms with Crippen LogP contribution in [0.15, 0.2) is 42.5 Å². The van der Waals surface area contributed by atoms with Gasteiger partial charge >= 0.3 is 0 Å². The molecule has 0 aromatic heterocycles. The van der Waals surface area contributed by atoms with Crippen molar-refractivity contribution in [2.45, 2.75) is 26.2 Å². The maximum absolute atomic E-state index is 12.9. The van der Waals surface area contributed by atoms with Gasteiger partial charge in [-0.05, 0) is 48.2 Å². The Morgan fingerprint density at radius 3 is 2.57 bits per heavy atom. The highest BCUT2D eigenvalue weighted by atomic mass is 35.5. The number of hydrogen-bond acceptors (Lipinski definition) is 2. The zero-order chi connectivity index (χ0) is 16.8. The van der Waals surface area contributed by atoms with Crippen molar-refractivity contribution in [1.29, 1.82) is 0 Å². The lowest BCUT2D eigenvalue weighted by atomic mass is 9.99. The van der Waals surface area contributed by atoms with E-state index >= 15 is 0 Å². The van der Waals surface area contributed by atoms with Gasteiger partial charge in [0.2, 0.25) is 0 Å². The third-order valence-corrected chi connectivity index (χ3v) is 3.92. The Kier molecular flexibility index (Phi) is 5.99. The molecule has 0 saturated carbocycles. The van der Waals surface area contributed by atoms with Crippen LogP contribution in [0.5, 0.6) is 5.75 Å². The Hall–Kier alpha value is -2.07. The van der Waals surface area contributed by atoms with E-state index in [-0.39, 0.29) is 23.3 Å². The highest BCUT2D eigenvalue weighted by Gasteiger charge is 2.08. The number of rotatable bonds is 6. The van der Waals surface area contributed by atoms with Gasteiger partial charge in [-0.3, -0.25) is 4.79 Å². The highest BCUT2D eigenvalue weighted by Crippen LogP contribution is 2.25. The van der Waals surface area contributed by atoms with Gasteiger partial charge in [0.05, 0.1) is 5.02 Å². The van der Waals surface area contributed by atoms with E-state index in [2.05, 4.69) is 19.2 Å². The van der Waals surface area contributed by atoms with Gasteiger partial charge in [-0.1, -0.05) is 37.6 Å². The minimum atomic E-state index is -0.451. The zero-order valence-corrected chi connectivity index (χ0v) is 13.9. The molecule has 0 spiro atoms. The van der Waals surface area contributed by atoms with Crippen molar-refractivity contribution in [2.24, 2.45) is 0 Å². The van der Waals surface area contributed by atoms with Crippen LogP contribution < -0.4 is 10.1 Å². The van der Waals surface area contributed by atoms with E-state index in [4.69, 9.17) is 16.3 Å². The summed E-state index contributed by atoms with van der Waals surface area (Å²) in [6.07, 6.45) is 1.07. The summed E-state index contributed by atoms with van der Waals surface area (Å²) in [6.45, 7) is 4.10. The van der Waals surface area contributed by atoms with Crippen LogP contribution in [0.4, 0.5) is 10.1 Å². The van der Waals surface area contributed by atoms with Gasteiger partial charge in [0.25, 0.3) is 5.91 Å². The molecule has 122 valence electrons. The molecular weight excluding hydrogens is 317 g/mol. The first-order valence-electron chi connectivity index (χ1n) is 7.47. The summed E-state index contributed by atoms with van der Waals surface area (Å²) in [7, 11) is 0. The fourth-order valence-electron chi connectivity index (χ4n) is 2.06. The lowest BCUT2D eigenvalue weighted by Crippen LogP contribution is -2.20. The molecule has 0 radical (unpaired) electrons. The number of amides is 1. The number of carbonyl (C=O) groups is 1. The molecule has 2 aromatic carbocycles. The number of anilines is 1. The molecule has 0 aliphatic rings. The minimum absolute atomic E-state index is 0.135. The zero-order valence-electron chi connectivity index (χ0n) is 13.1. The predicted molar refractivity (Wildman–Crippen MR) is 90.7 cm³/mol. The lowest BCUT2D eigenvalue weighted by molar-refractivity contribution is -0.118. The number of nitrogens with one attached hydrogen (secondary N) is 1. The Bertz CT molecular complexity index is 673. The van der Waals surface area contributed by atoms with Gasteiger partial charge in [0.1, 0.15) is 11.6 Å². The van der Waals surface area contributed by atoms with Crippen LogP contribution in [0.3, 0.4) is 0 Å². The summed E-state index contributed by atoms with van der Waals surface area (Å²) in [4.78, 5) is 11.9. The standard InChI is InChI=1S/C18H19ClFNO2/c1-3-12(2)13-4-7-15(8-5-13)21-18(22)11-23-17-9-6-14(20)10-16(17)19/h4-10,12H,3,11H2,1-2H3,(H,21,22)/t12-/m0/s1. The summed E-state index contributed by atoms with van der Waals surface area (Å²) in [5.41, 5.74) is 1.94. The van der Waals surface area contributed by atoms with Crippen LogP contribution in [0.2, 0.25) is 5.02 Å². The summed E-state index contributed by atoms with van der Waals surface area (Å²) < 4.78 is 18.2. The van der Waals surface area contributed by atoms with E-state index in [1.54, 1.807) is 0 Å². The van der Waals surface area contributed by atoms with Crippen molar-refractivity contribution >= 4 is 23.2 Å². The van der Waals surface area contributed by atoms with E-state index in [9.17, 15) is 9.18 Å². The third kappa shape index (κ3) is 4.96. The van der Waals surface area contributed by atoms with Gasteiger partial charge < -0.3 is 10.1 Å². The molecular formula is C18H19ClFNO2. The quantitative estimate of drug-likeness (QED) is 0.805. The van der Waals surface area contributed by atoms with Crippen LogP contribution in [-0.4, -0.2) is 12.5 Å². The van der Waals surface area contributed by atoms with Gasteiger partial charge in [-0.2, -0.15) is 0 Å². The van der Waals surface area contributed by atoms with E-state index in [1.807, 2.05) is 24.3 Å². The molecule has 2 aromatic rings. The first kappa shape index (κ1) is 17.3. The molecule has 0 heterocycles. The van der Waals surface area contributed by atoms with Crippen LogP contribution >= 0.6 is 11.6 Å². The first-order valence-corrected chi connectivity index (χ1v) is 7.85. The van der Waals surface area contributed by atoms with Crippen molar-refractivity contribution in [3.63, 3.8) is 0 Å². The summed E-state index contributed by atoms with van der Waals surface area (Å²) in [5.74, 6) is 0.00826. The monoisotopic (exact) mass is 335 g/mol. The maximum atomic E-state index is 12.9. The topological polar surface area (TPSA) is 38.3 Å². The Morgan fingerprint density at radius 2 is 1.96 bits per heavy atom. The average Bonchev–Trinajstić information content (AvgIpc) is 2.54. The van der Waals surface area contributed by atoms with E-state index in [0.29, 0.717) is 11.6 Å². The number of benzene rings is 2. The second-order valence-corrected chi connectivity index (χ2v) is 5.75. The second-order valence-electron chi connectivity index (χ2n) is 5.34. The number of carbonyl (C=O) groups excluding carboxylic acids is 1. The molecule has 1 amide bonds. The molecule has 5 heteroatoms. The van der Waals surface area contributed by atoms with Crippen LogP contribution in [-0.2, 0) is 4.79 Å². The molecule has 0 bridgehead atoms. The Morgan fingerprint density at radius 1 is 1.26 bits per heavy atom. The SMILES string of the molecule is CC[C@H](C)c1ccc(NC(=O)COc2ccc(F)cc2Cl)cc1. The molecule has 0 unspecified atom stereocenters. The number of hydrogen-bond donors (Lipinski definition) is 1. The largest absolute Gasteiger partial charge is 0.482 e. The van der Waals surface area contributed by atoms with E-state index < -0.39 is 5.82 Å². The first-order chi connectivity index (χ1) is 11.0.